The van der Waals surface area contributed by atoms with Crippen molar-refractivity contribution in [2.24, 2.45) is 29.6 Å². The van der Waals surface area contributed by atoms with Crippen molar-refractivity contribution in [3.05, 3.63) is 34.3 Å². The van der Waals surface area contributed by atoms with E-state index in [1.54, 1.807) is 6.42 Å². The number of benzene rings is 1. The van der Waals surface area contributed by atoms with Crippen LogP contribution < -0.4 is 5.32 Å². The first-order chi connectivity index (χ1) is 9.29. The van der Waals surface area contributed by atoms with Crippen LogP contribution >= 0.6 is 15.9 Å². The van der Waals surface area contributed by atoms with Crippen LogP contribution in [0.25, 0.3) is 0 Å². The third kappa shape index (κ3) is 1.91. The molecule has 0 radical (unpaired) electrons. The van der Waals surface area contributed by atoms with Gasteiger partial charge in [0.05, 0.1) is 0 Å². The molecule has 0 aliphatic heterocycles. The van der Waals surface area contributed by atoms with Gasteiger partial charge < -0.3 is 5.32 Å². The van der Waals surface area contributed by atoms with E-state index >= 15 is 0 Å². The molecule has 19 heavy (non-hydrogen) atoms. The summed E-state index contributed by atoms with van der Waals surface area (Å²) < 4.78 is 1.18. The number of halogens is 1. The van der Waals surface area contributed by atoms with Crippen LogP contribution in [0.15, 0.2) is 28.7 Å². The maximum absolute atomic E-state index is 3.76. The predicted molar refractivity (Wildman–Crippen MR) is 81.9 cm³/mol. The van der Waals surface area contributed by atoms with Crippen LogP contribution in [0.1, 0.15) is 37.8 Å². The van der Waals surface area contributed by atoms with E-state index in [2.05, 4.69) is 52.4 Å². The first-order valence-electron chi connectivity index (χ1n) is 7.78. The molecule has 1 N–H and O–H groups in total. The second-order valence-corrected chi connectivity index (χ2v) is 7.57. The molecule has 0 saturated heterocycles. The summed E-state index contributed by atoms with van der Waals surface area (Å²) in [5.74, 6) is 5.15. The van der Waals surface area contributed by atoms with E-state index in [-0.39, 0.29) is 0 Å². The molecule has 0 amide bonds. The minimum Gasteiger partial charge on any atom is -0.310 e. The summed E-state index contributed by atoms with van der Waals surface area (Å²) in [7, 11) is 0. The van der Waals surface area contributed by atoms with Crippen molar-refractivity contribution in [1.29, 1.82) is 0 Å². The minimum absolute atomic E-state index is 0.594. The van der Waals surface area contributed by atoms with Crippen molar-refractivity contribution in [2.75, 3.05) is 6.54 Å². The highest BCUT2D eigenvalue weighted by atomic mass is 79.9. The van der Waals surface area contributed by atoms with Crippen LogP contribution in [0.5, 0.6) is 0 Å². The van der Waals surface area contributed by atoms with Crippen molar-refractivity contribution in [3.8, 4) is 0 Å². The average molecular weight is 320 g/mol. The molecule has 3 fully saturated rings. The van der Waals surface area contributed by atoms with Crippen molar-refractivity contribution in [2.45, 2.75) is 32.2 Å². The molecule has 102 valence electrons. The van der Waals surface area contributed by atoms with Crippen LogP contribution in [-0.2, 0) is 0 Å². The van der Waals surface area contributed by atoms with Crippen molar-refractivity contribution >= 4 is 15.9 Å². The molecule has 5 atom stereocenters. The number of hydrogen-bond acceptors (Lipinski definition) is 1. The molecule has 3 aliphatic rings. The zero-order valence-electron chi connectivity index (χ0n) is 11.5. The first-order valence-corrected chi connectivity index (χ1v) is 8.57. The van der Waals surface area contributed by atoms with Crippen LogP contribution in [0.3, 0.4) is 0 Å². The lowest BCUT2D eigenvalue weighted by Gasteiger charge is -2.22. The number of rotatable bonds is 4. The molecule has 0 spiro atoms. The van der Waals surface area contributed by atoms with Gasteiger partial charge in [0.1, 0.15) is 0 Å². The van der Waals surface area contributed by atoms with Gasteiger partial charge >= 0.3 is 0 Å². The van der Waals surface area contributed by atoms with E-state index in [0.29, 0.717) is 6.04 Å². The lowest BCUT2D eigenvalue weighted by atomic mass is 9.93. The minimum atomic E-state index is 0.594. The largest absolute Gasteiger partial charge is 0.310 e. The smallest absolute Gasteiger partial charge is 0.0354 e. The highest BCUT2D eigenvalue weighted by Gasteiger charge is 2.66. The molecular weight excluding hydrogens is 298 g/mol. The second-order valence-electron chi connectivity index (χ2n) is 6.65. The lowest BCUT2D eigenvalue weighted by molar-refractivity contribution is 0.374. The average Bonchev–Trinajstić information content (AvgIpc) is 2.84. The van der Waals surface area contributed by atoms with Crippen LogP contribution in [0, 0.1) is 29.6 Å². The Hall–Kier alpha value is -0.340. The summed E-state index contributed by atoms with van der Waals surface area (Å²) in [6, 6.07) is 9.57. The second kappa shape index (κ2) is 4.60. The summed E-state index contributed by atoms with van der Waals surface area (Å²) in [6.45, 7) is 3.31. The monoisotopic (exact) mass is 319 g/mol. The van der Waals surface area contributed by atoms with Gasteiger partial charge in [0.2, 0.25) is 0 Å². The molecule has 2 heteroatoms. The molecule has 3 saturated carbocycles. The molecular formula is C17H22BrN. The predicted octanol–water partition coefficient (Wildman–Crippen LogP) is 4.39. The van der Waals surface area contributed by atoms with Gasteiger partial charge in [-0.1, -0.05) is 35.0 Å². The Labute approximate surface area is 124 Å². The molecule has 0 aromatic heterocycles. The summed E-state index contributed by atoms with van der Waals surface area (Å²) in [6.07, 6.45) is 4.58. The third-order valence-corrected chi connectivity index (χ3v) is 6.36. The summed E-state index contributed by atoms with van der Waals surface area (Å²) >= 11 is 3.54. The fourth-order valence-electron chi connectivity index (χ4n) is 5.20. The molecule has 1 aromatic rings. The number of hydrogen-bond donors (Lipinski definition) is 1. The van der Waals surface area contributed by atoms with Gasteiger partial charge in [0.25, 0.3) is 0 Å². The SMILES string of the molecule is CCNC(c1ccc(Br)cc1)C1C2C3CCC(C3)C21. The highest BCUT2D eigenvalue weighted by Crippen LogP contribution is 2.72. The zero-order valence-corrected chi connectivity index (χ0v) is 13.1. The Bertz CT molecular complexity index is 453. The quantitative estimate of drug-likeness (QED) is 0.867. The van der Waals surface area contributed by atoms with Gasteiger partial charge in [-0.15, -0.1) is 0 Å². The van der Waals surface area contributed by atoms with Gasteiger partial charge in [-0.25, -0.2) is 0 Å². The normalized spacial score (nSPS) is 40.2. The fourth-order valence-corrected chi connectivity index (χ4v) is 5.47. The maximum Gasteiger partial charge on any atom is 0.0354 e. The molecule has 5 unspecified atom stereocenters. The summed E-state index contributed by atoms with van der Waals surface area (Å²) in [4.78, 5) is 0. The van der Waals surface area contributed by atoms with Gasteiger partial charge in [-0.05, 0) is 73.1 Å². The molecule has 1 aromatic carbocycles. The molecule has 4 rings (SSSR count). The fraction of sp³-hybridized carbons (Fsp3) is 0.647. The molecule has 0 heterocycles. The molecule has 3 aliphatic carbocycles. The standard InChI is InChI=1S/C17H22BrN/c1-2-19-17(10-5-7-13(18)8-6-10)16-14-11-3-4-12(9-11)15(14)16/h5-8,11-12,14-17,19H,2-4,9H2,1H3. The van der Waals surface area contributed by atoms with Crippen LogP contribution in [0.2, 0.25) is 0 Å². The Balaban J connectivity index is 1.58. The summed E-state index contributed by atoms with van der Waals surface area (Å²) in [5, 5.41) is 3.76. The van der Waals surface area contributed by atoms with E-state index < -0.39 is 0 Å². The third-order valence-electron chi connectivity index (χ3n) is 5.83. The van der Waals surface area contributed by atoms with Crippen molar-refractivity contribution < 1.29 is 0 Å². The lowest BCUT2D eigenvalue weighted by Crippen LogP contribution is -2.25. The van der Waals surface area contributed by atoms with E-state index in [1.807, 2.05) is 0 Å². The molecule has 1 nitrogen and oxygen atoms in total. The van der Waals surface area contributed by atoms with E-state index in [4.69, 9.17) is 0 Å². The molecule has 2 bridgehead atoms. The summed E-state index contributed by atoms with van der Waals surface area (Å²) in [5.41, 5.74) is 1.49. The first kappa shape index (κ1) is 12.4. The van der Waals surface area contributed by atoms with Gasteiger partial charge in [0, 0.05) is 10.5 Å². The Morgan fingerprint density at radius 1 is 1.16 bits per heavy atom. The zero-order chi connectivity index (χ0) is 13.0. The number of fused-ring (bicyclic) bond motifs is 5. The van der Waals surface area contributed by atoms with Crippen LogP contribution in [-0.4, -0.2) is 6.54 Å². The van der Waals surface area contributed by atoms with Gasteiger partial charge in [-0.2, -0.15) is 0 Å². The number of nitrogens with one attached hydrogen (secondary N) is 1. The van der Waals surface area contributed by atoms with E-state index in [9.17, 15) is 0 Å². The van der Waals surface area contributed by atoms with Crippen LogP contribution in [0.4, 0.5) is 0 Å². The van der Waals surface area contributed by atoms with Gasteiger partial charge in [0.15, 0.2) is 0 Å². The Kier molecular flexibility index (Phi) is 3.00. The van der Waals surface area contributed by atoms with E-state index in [0.717, 1.165) is 36.1 Å². The van der Waals surface area contributed by atoms with Gasteiger partial charge in [-0.3, -0.25) is 0 Å². The van der Waals surface area contributed by atoms with Crippen molar-refractivity contribution in [3.63, 3.8) is 0 Å². The van der Waals surface area contributed by atoms with E-state index in [1.165, 1.54) is 22.9 Å². The topological polar surface area (TPSA) is 12.0 Å². The Morgan fingerprint density at radius 2 is 1.79 bits per heavy atom. The van der Waals surface area contributed by atoms with Crippen molar-refractivity contribution in [1.82, 2.24) is 5.32 Å². The highest BCUT2D eigenvalue weighted by molar-refractivity contribution is 9.10. The maximum atomic E-state index is 3.76. The Morgan fingerprint density at radius 3 is 2.37 bits per heavy atom.